The molecule has 15 heavy (non-hydrogen) atoms. The van der Waals surface area contributed by atoms with Crippen molar-refractivity contribution in [2.45, 2.75) is 13.0 Å². The number of hydrogen-bond donors (Lipinski definition) is 3. The van der Waals surface area contributed by atoms with E-state index in [1.807, 2.05) is 0 Å². The summed E-state index contributed by atoms with van der Waals surface area (Å²) in [6.07, 6.45) is 1.22. The van der Waals surface area contributed by atoms with Gasteiger partial charge in [0.1, 0.15) is 12.0 Å². The van der Waals surface area contributed by atoms with Crippen molar-refractivity contribution in [3.05, 3.63) is 23.7 Å². The molecule has 0 aliphatic heterocycles. The molecule has 1 aromatic heterocycles. The molecule has 1 atom stereocenters. The van der Waals surface area contributed by atoms with Crippen molar-refractivity contribution in [1.82, 2.24) is 5.32 Å². The molecule has 0 fully saturated rings. The summed E-state index contributed by atoms with van der Waals surface area (Å²) in [4.78, 5) is 21.9. The number of hydrogen-bond acceptors (Lipinski definition) is 4. The third kappa shape index (κ3) is 2.81. The van der Waals surface area contributed by atoms with Crippen molar-refractivity contribution in [1.29, 1.82) is 0 Å². The fourth-order valence-electron chi connectivity index (χ4n) is 0.990. The number of aliphatic carboxylic acids is 1. The van der Waals surface area contributed by atoms with Crippen LogP contribution in [0.5, 0.6) is 0 Å². The van der Waals surface area contributed by atoms with E-state index in [0.29, 0.717) is 5.76 Å². The first-order chi connectivity index (χ1) is 7.04. The van der Waals surface area contributed by atoms with Crippen LogP contribution >= 0.6 is 0 Å². The first-order valence-corrected chi connectivity index (χ1v) is 4.24. The molecule has 6 heteroatoms. The summed E-state index contributed by atoms with van der Waals surface area (Å²) in [5.41, 5.74) is 0.229. The Hall–Kier alpha value is -1.82. The Labute approximate surface area is 85.5 Å². The molecule has 1 rings (SSSR count). The summed E-state index contributed by atoms with van der Waals surface area (Å²) < 4.78 is 4.89. The predicted octanol–water partition coefficient (Wildman–Crippen LogP) is -0.237. The van der Waals surface area contributed by atoms with E-state index in [1.165, 1.54) is 12.3 Å². The highest BCUT2D eigenvalue weighted by Gasteiger charge is 2.20. The SMILES string of the molecule is Cc1cc(C(=O)N[C@@H](CO)C(=O)O)co1. The first-order valence-electron chi connectivity index (χ1n) is 4.24. The van der Waals surface area contributed by atoms with E-state index in [9.17, 15) is 9.59 Å². The average molecular weight is 213 g/mol. The van der Waals surface area contributed by atoms with E-state index in [-0.39, 0.29) is 5.56 Å². The summed E-state index contributed by atoms with van der Waals surface area (Å²) in [5, 5.41) is 19.4. The van der Waals surface area contributed by atoms with Crippen molar-refractivity contribution in [3.63, 3.8) is 0 Å². The molecule has 1 amide bonds. The van der Waals surface area contributed by atoms with Gasteiger partial charge >= 0.3 is 5.97 Å². The molecule has 0 saturated heterocycles. The molecule has 3 N–H and O–H groups in total. The molecular formula is C9H11NO5. The molecule has 0 bridgehead atoms. The van der Waals surface area contributed by atoms with Crippen LogP contribution in [0, 0.1) is 6.92 Å². The first kappa shape index (κ1) is 11.3. The van der Waals surface area contributed by atoms with Gasteiger partial charge in [-0.15, -0.1) is 0 Å². The Morgan fingerprint density at radius 1 is 1.60 bits per heavy atom. The van der Waals surface area contributed by atoms with E-state index in [4.69, 9.17) is 14.6 Å². The predicted molar refractivity (Wildman–Crippen MR) is 49.4 cm³/mol. The van der Waals surface area contributed by atoms with Gasteiger partial charge in [-0.25, -0.2) is 4.79 Å². The molecule has 0 radical (unpaired) electrons. The Bertz CT molecular complexity index is 370. The molecule has 82 valence electrons. The van der Waals surface area contributed by atoms with Crippen LogP contribution in [0.1, 0.15) is 16.1 Å². The lowest BCUT2D eigenvalue weighted by atomic mass is 10.2. The van der Waals surface area contributed by atoms with E-state index < -0.39 is 24.5 Å². The van der Waals surface area contributed by atoms with Gasteiger partial charge in [-0.1, -0.05) is 0 Å². The Kier molecular flexibility index (Phi) is 3.46. The molecule has 0 saturated carbocycles. The average Bonchev–Trinajstić information content (AvgIpc) is 2.60. The van der Waals surface area contributed by atoms with Crippen LogP contribution in [-0.2, 0) is 4.79 Å². The van der Waals surface area contributed by atoms with Crippen LogP contribution in [0.25, 0.3) is 0 Å². The van der Waals surface area contributed by atoms with Crippen LogP contribution in [0.2, 0.25) is 0 Å². The van der Waals surface area contributed by atoms with Crippen LogP contribution < -0.4 is 5.32 Å². The Morgan fingerprint density at radius 2 is 2.27 bits per heavy atom. The van der Waals surface area contributed by atoms with E-state index in [1.54, 1.807) is 6.92 Å². The quantitative estimate of drug-likeness (QED) is 0.641. The minimum atomic E-state index is -1.30. The van der Waals surface area contributed by atoms with E-state index in [0.717, 1.165) is 0 Å². The third-order valence-electron chi connectivity index (χ3n) is 1.78. The van der Waals surface area contributed by atoms with Crippen molar-refractivity contribution < 1.29 is 24.2 Å². The number of carbonyl (C=O) groups is 2. The smallest absolute Gasteiger partial charge is 0.328 e. The minimum Gasteiger partial charge on any atom is -0.480 e. The highest BCUT2D eigenvalue weighted by Crippen LogP contribution is 2.06. The van der Waals surface area contributed by atoms with Crippen LogP contribution in [-0.4, -0.2) is 34.7 Å². The number of nitrogens with one attached hydrogen (secondary N) is 1. The standard InChI is InChI=1S/C9H11NO5/c1-5-2-6(4-15-5)8(12)10-7(3-11)9(13)14/h2,4,7,11H,3H2,1H3,(H,10,12)(H,13,14)/t7-/m0/s1. The highest BCUT2D eigenvalue weighted by atomic mass is 16.4. The molecule has 0 aromatic carbocycles. The number of furan rings is 1. The Balaban J connectivity index is 2.66. The van der Waals surface area contributed by atoms with Crippen LogP contribution in [0.4, 0.5) is 0 Å². The molecule has 6 nitrogen and oxygen atoms in total. The second kappa shape index (κ2) is 4.61. The summed E-state index contributed by atoms with van der Waals surface area (Å²) in [5.74, 6) is -1.32. The monoisotopic (exact) mass is 213 g/mol. The van der Waals surface area contributed by atoms with Gasteiger partial charge in [-0.05, 0) is 13.0 Å². The van der Waals surface area contributed by atoms with Gasteiger partial charge < -0.3 is 19.9 Å². The maximum atomic E-state index is 11.4. The molecule has 0 aliphatic carbocycles. The summed E-state index contributed by atoms with van der Waals surface area (Å²) in [6, 6.07) is 0.179. The fraction of sp³-hybridized carbons (Fsp3) is 0.333. The molecule has 1 heterocycles. The normalized spacial score (nSPS) is 12.1. The lowest BCUT2D eigenvalue weighted by Crippen LogP contribution is -2.43. The van der Waals surface area contributed by atoms with E-state index in [2.05, 4.69) is 5.32 Å². The van der Waals surface area contributed by atoms with Gasteiger partial charge in [0.15, 0.2) is 6.04 Å². The largest absolute Gasteiger partial charge is 0.480 e. The van der Waals surface area contributed by atoms with E-state index >= 15 is 0 Å². The maximum absolute atomic E-state index is 11.4. The van der Waals surface area contributed by atoms with Gasteiger partial charge in [-0.2, -0.15) is 0 Å². The molecule has 0 unspecified atom stereocenters. The number of carboxylic acid groups (broad SMARTS) is 1. The van der Waals surface area contributed by atoms with Crippen molar-refractivity contribution in [3.8, 4) is 0 Å². The van der Waals surface area contributed by atoms with Gasteiger partial charge in [0.2, 0.25) is 0 Å². The topological polar surface area (TPSA) is 99.8 Å². The van der Waals surface area contributed by atoms with Gasteiger partial charge in [0.25, 0.3) is 5.91 Å². The summed E-state index contributed by atoms with van der Waals surface area (Å²) in [7, 11) is 0. The molecule has 1 aromatic rings. The second-order valence-corrected chi connectivity index (χ2v) is 2.99. The molecule has 0 spiro atoms. The zero-order valence-corrected chi connectivity index (χ0v) is 8.06. The lowest BCUT2D eigenvalue weighted by Gasteiger charge is -2.09. The van der Waals surface area contributed by atoms with Crippen LogP contribution in [0.15, 0.2) is 16.7 Å². The number of aryl methyl sites for hydroxylation is 1. The zero-order valence-electron chi connectivity index (χ0n) is 8.06. The molecule has 0 aliphatic rings. The summed E-state index contributed by atoms with van der Waals surface area (Å²) >= 11 is 0. The van der Waals surface area contributed by atoms with Crippen molar-refractivity contribution in [2.24, 2.45) is 0 Å². The van der Waals surface area contributed by atoms with Crippen molar-refractivity contribution >= 4 is 11.9 Å². The zero-order chi connectivity index (χ0) is 11.4. The van der Waals surface area contributed by atoms with Gasteiger partial charge in [0, 0.05) is 0 Å². The third-order valence-corrected chi connectivity index (χ3v) is 1.78. The number of aliphatic hydroxyl groups is 1. The number of rotatable bonds is 4. The van der Waals surface area contributed by atoms with Crippen molar-refractivity contribution in [2.75, 3.05) is 6.61 Å². The number of carboxylic acids is 1. The fourth-order valence-corrected chi connectivity index (χ4v) is 0.990. The number of aliphatic hydroxyl groups excluding tert-OH is 1. The van der Waals surface area contributed by atoms with Gasteiger partial charge in [-0.3, -0.25) is 4.79 Å². The maximum Gasteiger partial charge on any atom is 0.328 e. The van der Waals surface area contributed by atoms with Gasteiger partial charge in [0.05, 0.1) is 12.2 Å². The van der Waals surface area contributed by atoms with Crippen LogP contribution in [0.3, 0.4) is 0 Å². The second-order valence-electron chi connectivity index (χ2n) is 2.99. The minimum absolute atomic E-state index is 0.229. The number of carbonyl (C=O) groups excluding carboxylic acids is 1. The lowest BCUT2D eigenvalue weighted by molar-refractivity contribution is -0.140. The summed E-state index contributed by atoms with van der Waals surface area (Å²) in [6.45, 7) is 1.01. The molecular weight excluding hydrogens is 202 g/mol. The highest BCUT2D eigenvalue weighted by molar-refractivity contribution is 5.96. The number of amides is 1. The Morgan fingerprint density at radius 3 is 2.67 bits per heavy atom.